The summed E-state index contributed by atoms with van der Waals surface area (Å²) in [6.45, 7) is 10.6. The predicted molar refractivity (Wildman–Crippen MR) is 114 cm³/mol. The summed E-state index contributed by atoms with van der Waals surface area (Å²) in [6, 6.07) is 8.90. The van der Waals surface area contributed by atoms with Crippen LogP contribution in [0.4, 0.5) is 0 Å². The molecule has 2 aliphatic rings. The highest BCUT2D eigenvalue weighted by atomic mass is 32.2. The van der Waals surface area contributed by atoms with E-state index >= 15 is 0 Å². The molecule has 0 spiro atoms. The van der Waals surface area contributed by atoms with E-state index in [1.54, 1.807) is 0 Å². The summed E-state index contributed by atoms with van der Waals surface area (Å²) in [5.74, 6) is 1.10. The highest BCUT2D eigenvalue weighted by molar-refractivity contribution is 7.98. The zero-order chi connectivity index (χ0) is 19.1. The minimum Gasteiger partial charge on any atom is -0.340 e. The first kappa shape index (κ1) is 20.7. The summed E-state index contributed by atoms with van der Waals surface area (Å²) in [6.07, 6.45) is 6.42. The Hall–Kier alpha value is -1.04. The fourth-order valence-corrected chi connectivity index (χ4v) is 4.75. The van der Waals surface area contributed by atoms with Gasteiger partial charge in [-0.2, -0.15) is 0 Å². The van der Waals surface area contributed by atoms with Crippen molar-refractivity contribution in [3.63, 3.8) is 0 Å². The van der Waals surface area contributed by atoms with Crippen LogP contribution in [0.15, 0.2) is 29.2 Å². The molecule has 1 aromatic rings. The number of hydrogen-bond donors (Lipinski definition) is 0. The number of piperazine rings is 1. The fraction of sp³-hybridized carbons (Fsp3) is 0.682. The van der Waals surface area contributed by atoms with Gasteiger partial charge in [-0.05, 0) is 68.8 Å². The molecule has 5 heteroatoms. The van der Waals surface area contributed by atoms with Crippen molar-refractivity contribution >= 4 is 17.7 Å². The molecule has 1 aromatic carbocycles. The van der Waals surface area contributed by atoms with Gasteiger partial charge in [0.25, 0.3) is 0 Å². The first-order valence-electron chi connectivity index (χ1n) is 10.5. The van der Waals surface area contributed by atoms with Crippen LogP contribution in [0.3, 0.4) is 0 Å². The van der Waals surface area contributed by atoms with Crippen LogP contribution in [0.5, 0.6) is 0 Å². The molecule has 0 aliphatic carbocycles. The largest absolute Gasteiger partial charge is 0.340 e. The van der Waals surface area contributed by atoms with E-state index in [9.17, 15) is 4.79 Å². The number of thioether (sulfide) groups is 1. The molecule has 0 N–H and O–H groups in total. The van der Waals surface area contributed by atoms with Gasteiger partial charge in [0.2, 0.25) is 5.91 Å². The molecule has 2 aliphatic heterocycles. The van der Waals surface area contributed by atoms with E-state index in [4.69, 9.17) is 0 Å². The van der Waals surface area contributed by atoms with Gasteiger partial charge >= 0.3 is 0 Å². The van der Waals surface area contributed by atoms with Crippen molar-refractivity contribution < 1.29 is 4.79 Å². The molecule has 0 saturated carbocycles. The van der Waals surface area contributed by atoms with Crippen LogP contribution < -0.4 is 0 Å². The van der Waals surface area contributed by atoms with Gasteiger partial charge in [0, 0.05) is 44.0 Å². The molecule has 0 unspecified atom stereocenters. The van der Waals surface area contributed by atoms with Crippen LogP contribution in [-0.4, -0.2) is 72.7 Å². The third kappa shape index (κ3) is 6.23. The number of piperidine rings is 1. The highest BCUT2D eigenvalue weighted by Crippen LogP contribution is 2.24. The van der Waals surface area contributed by atoms with Crippen LogP contribution in [0.25, 0.3) is 0 Å². The minimum atomic E-state index is 0.377. The molecule has 0 bridgehead atoms. The van der Waals surface area contributed by atoms with Crippen LogP contribution in [0.1, 0.15) is 38.2 Å². The van der Waals surface area contributed by atoms with Gasteiger partial charge in [-0.15, -0.1) is 11.8 Å². The van der Waals surface area contributed by atoms with E-state index < -0.39 is 0 Å². The normalized spacial score (nSPS) is 20.1. The maximum absolute atomic E-state index is 12.5. The van der Waals surface area contributed by atoms with Crippen LogP contribution in [0, 0.1) is 5.92 Å². The summed E-state index contributed by atoms with van der Waals surface area (Å²) in [4.78, 5) is 20.9. The van der Waals surface area contributed by atoms with Crippen molar-refractivity contribution in [2.45, 2.75) is 44.0 Å². The Morgan fingerprint density at radius 2 is 1.81 bits per heavy atom. The molecular formula is C22H35N3OS. The topological polar surface area (TPSA) is 26.8 Å². The van der Waals surface area contributed by atoms with Gasteiger partial charge in [0.05, 0.1) is 0 Å². The van der Waals surface area contributed by atoms with Crippen molar-refractivity contribution in [1.29, 1.82) is 0 Å². The maximum Gasteiger partial charge on any atom is 0.222 e. The Kier molecular flexibility index (Phi) is 8.04. The lowest BCUT2D eigenvalue weighted by Gasteiger charge is -2.35. The average Bonchev–Trinajstić information content (AvgIpc) is 2.73. The van der Waals surface area contributed by atoms with E-state index in [2.05, 4.69) is 52.1 Å². The molecule has 3 rings (SSSR count). The molecule has 27 heavy (non-hydrogen) atoms. The third-order valence-corrected chi connectivity index (χ3v) is 6.91. The first-order valence-corrected chi connectivity index (χ1v) is 11.8. The van der Waals surface area contributed by atoms with Crippen LogP contribution in [-0.2, 0) is 11.3 Å². The number of hydrogen-bond acceptors (Lipinski definition) is 4. The number of nitrogens with zero attached hydrogens (tertiary/aromatic N) is 3. The molecule has 150 valence electrons. The van der Waals surface area contributed by atoms with E-state index in [1.807, 2.05) is 11.8 Å². The summed E-state index contributed by atoms with van der Waals surface area (Å²) >= 11 is 1.81. The Morgan fingerprint density at radius 1 is 1.07 bits per heavy atom. The lowest BCUT2D eigenvalue weighted by molar-refractivity contribution is -0.133. The number of likely N-dealkylation sites (N-methyl/N-ethyl adjacent to an activating group) is 1. The van der Waals surface area contributed by atoms with Gasteiger partial charge in [-0.25, -0.2) is 0 Å². The van der Waals surface area contributed by atoms with Gasteiger partial charge in [0.15, 0.2) is 0 Å². The molecule has 1 amide bonds. The zero-order valence-electron chi connectivity index (χ0n) is 17.0. The Morgan fingerprint density at radius 3 is 2.48 bits per heavy atom. The van der Waals surface area contributed by atoms with Gasteiger partial charge in [-0.3, -0.25) is 9.69 Å². The summed E-state index contributed by atoms with van der Waals surface area (Å²) in [7, 11) is 0. The molecule has 0 atom stereocenters. The molecule has 0 aromatic heterocycles. The average molecular weight is 390 g/mol. The number of benzene rings is 1. The van der Waals surface area contributed by atoms with Crippen LogP contribution in [0.2, 0.25) is 0 Å². The van der Waals surface area contributed by atoms with Crippen LogP contribution >= 0.6 is 11.8 Å². The van der Waals surface area contributed by atoms with Crippen molar-refractivity contribution in [3.8, 4) is 0 Å². The number of rotatable bonds is 7. The zero-order valence-corrected chi connectivity index (χ0v) is 17.8. The number of carbonyl (C=O) groups excluding carboxylic acids is 1. The summed E-state index contributed by atoms with van der Waals surface area (Å²) in [5, 5.41) is 0. The summed E-state index contributed by atoms with van der Waals surface area (Å²) in [5.41, 5.74) is 1.42. The maximum atomic E-state index is 12.5. The highest BCUT2D eigenvalue weighted by Gasteiger charge is 2.23. The summed E-state index contributed by atoms with van der Waals surface area (Å²) < 4.78 is 0. The first-order chi connectivity index (χ1) is 13.2. The second-order valence-electron chi connectivity index (χ2n) is 7.92. The van der Waals surface area contributed by atoms with Crippen molar-refractivity contribution in [3.05, 3.63) is 29.8 Å². The number of carbonyl (C=O) groups is 1. The SMILES string of the molecule is CCN1CCN(C(=O)CCC2CCN(Cc3cccc(SC)c3)CC2)CC1. The smallest absolute Gasteiger partial charge is 0.222 e. The second-order valence-corrected chi connectivity index (χ2v) is 8.80. The molecular weight excluding hydrogens is 354 g/mol. The van der Waals surface area contributed by atoms with Crippen molar-refractivity contribution in [2.24, 2.45) is 5.92 Å². The van der Waals surface area contributed by atoms with Crippen molar-refractivity contribution in [1.82, 2.24) is 14.7 Å². The lowest BCUT2D eigenvalue weighted by Crippen LogP contribution is -2.48. The Labute approximate surface area is 169 Å². The Balaban J connectivity index is 1.35. The standard InChI is InChI=1S/C22H35N3OS/c1-3-23-13-15-25(16-14-23)22(26)8-7-19-9-11-24(12-10-19)18-20-5-4-6-21(17-20)27-2/h4-6,17,19H,3,7-16,18H2,1-2H3. The fourth-order valence-electron chi connectivity index (χ4n) is 4.26. The predicted octanol–water partition coefficient (Wildman–Crippen LogP) is 3.56. The third-order valence-electron chi connectivity index (χ3n) is 6.19. The quantitative estimate of drug-likeness (QED) is 0.666. The van der Waals surface area contributed by atoms with E-state index in [1.165, 1.54) is 23.3 Å². The second kappa shape index (κ2) is 10.5. The lowest BCUT2D eigenvalue weighted by atomic mass is 9.91. The van der Waals surface area contributed by atoms with Crippen molar-refractivity contribution in [2.75, 3.05) is 52.1 Å². The van der Waals surface area contributed by atoms with Gasteiger partial charge < -0.3 is 9.80 Å². The van der Waals surface area contributed by atoms with E-state index in [0.29, 0.717) is 5.91 Å². The molecule has 2 saturated heterocycles. The van der Waals surface area contributed by atoms with E-state index in [0.717, 1.165) is 71.1 Å². The number of amides is 1. The monoisotopic (exact) mass is 389 g/mol. The molecule has 2 fully saturated rings. The van der Waals surface area contributed by atoms with E-state index in [-0.39, 0.29) is 0 Å². The molecule has 2 heterocycles. The molecule has 0 radical (unpaired) electrons. The Bertz CT molecular complexity index is 593. The minimum absolute atomic E-state index is 0.377. The van der Waals surface area contributed by atoms with Gasteiger partial charge in [-0.1, -0.05) is 19.1 Å². The number of likely N-dealkylation sites (tertiary alicyclic amines) is 1. The molecule has 4 nitrogen and oxygen atoms in total. The van der Waals surface area contributed by atoms with Gasteiger partial charge in [0.1, 0.15) is 0 Å².